The molecule has 0 fully saturated rings. The SMILES string of the molecule is Cc1cc(-c2n[nH]c(CCN)n2)nc2ccccc12. The number of aryl methyl sites for hydroxylation is 1. The molecule has 3 N–H and O–H groups in total. The molecule has 5 nitrogen and oxygen atoms in total. The molecule has 0 amide bonds. The Balaban J connectivity index is 2.09. The second-order valence-electron chi connectivity index (χ2n) is 4.49. The van der Waals surface area contributed by atoms with Crippen LogP contribution in [0.4, 0.5) is 0 Å². The number of rotatable bonds is 3. The number of pyridine rings is 1. The third-order valence-corrected chi connectivity index (χ3v) is 3.06. The van der Waals surface area contributed by atoms with Crippen LogP contribution in [0.15, 0.2) is 30.3 Å². The van der Waals surface area contributed by atoms with E-state index in [0.29, 0.717) is 18.8 Å². The Morgan fingerprint density at radius 1 is 1.21 bits per heavy atom. The molecule has 3 rings (SSSR count). The molecule has 2 heterocycles. The van der Waals surface area contributed by atoms with E-state index in [0.717, 1.165) is 22.4 Å². The Morgan fingerprint density at radius 3 is 2.89 bits per heavy atom. The van der Waals surface area contributed by atoms with Crippen LogP contribution in [0.3, 0.4) is 0 Å². The fraction of sp³-hybridized carbons (Fsp3) is 0.214. The van der Waals surface area contributed by atoms with Crippen LogP contribution >= 0.6 is 0 Å². The third-order valence-electron chi connectivity index (χ3n) is 3.06. The third kappa shape index (κ3) is 2.20. The number of benzene rings is 1. The lowest BCUT2D eigenvalue weighted by molar-refractivity contribution is 0.874. The highest BCUT2D eigenvalue weighted by atomic mass is 15.2. The van der Waals surface area contributed by atoms with Gasteiger partial charge >= 0.3 is 0 Å². The van der Waals surface area contributed by atoms with E-state index in [1.54, 1.807) is 0 Å². The summed E-state index contributed by atoms with van der Waals surface area (Å²) in [5.74, 6) is 1.42. The van der Waals surface area contributed by atoms with Gasteiger partial charge in [-0.05, 0) is 31.2 Å². The minimum Gasteiger partial charge on any atom is -0.330 e. The lowest BCUT2D eigenvalue weighted by Crippen LogP contribution is -2.03. The molecule has 96 valence electrons. The maximum absolute atomic E-state index is 5.50. The van der Waals surface area contributed by atoms with Crippen molar-refractivity contribution in [3.8, 4) is 11.5 Å². The zero-order valence-corrected chi connectivity index (χ0v) is 10.7. The smallest absolute Gasteiger partial charge is 0.199 e. The van der Waals surface area contributed by atoms with Crippen LogP contribution in [-0.4, -0.2) is 26.7 Å². The molecule has 0 bridgehead atoms. The zero-order chi connectivity index (χ0) is 13.2. The van der Waals surface area contributed by atoms with E-state index in [2.05, 4.69) is 33.2 Å². The molecule has 0 spiro atoms. The van der Waals surface area contributed by atoms with Crippen LogP contribution in [0, 0.1) is 6.92 Å². The van der Waals surface area contributed by atoms with Gasteiger partial charge in [0.2, 0.25) is 0 Å². The summed E-state index contributed by atoms with van der Waals surface area (Å²) in [4.78, 5) is 9.01. The maximum atomic E-state index is 5.50. The summed E-state index contributed by atoms with van der Waals surface area (Å²) in [7, 11) is 0. The minimum absolute atomic E-state index is 0.554. The number of hydrogen-bond acceptors (Lipinski definition) is 4. The molecule has 0 atom stereocenters. The fourth-order valence-corrected chi connectivity index (χ4v) is 2.12. The summed E-state index contributed by atoms with van der Waals surface area (Å²) in [6, 6.07) is 10.1. The molecule has 19 heavy (non-hydrogen) atoms. The van der Waals surface area contributed by atoms with E-state index >= 15 is 0 Å². The molecule has 2 aromatic heterocycles. The van der Waals surface area contributed by atoms with E-state index in [-0.39, 0.29) is 0 Å². The topological polar surface area (TPSA) is 80.5 Å². The van der Waals surface area contributed by atoms with Crippen molar-refractivity contribution < 1.29 is 0 Å². The van der Waals surface area contributed by atoms with Crippen molar-refractivity contribution in [2.24, 2.45) is 5.73 Å². The average molecular weight is 253 g/mol. The van der Waals surface area contributed by atoms with Gasteiger partial charge in [-0.15, -0.1) is 0 Å². The van der Waals surface area contributed by atoms with E-state index in [4.69, 9.17) is 5.73 Å². The van der Waals surface area contributed by atoms with E-state index in [1.807, 2.05) is 24.3 Å². The largest absolute Gasteiger partial charge is 0.330 e. The van der Waals surface area contributed by atoms with E-state index < -0.39 is 0 Å². The van der Waals surface area contributed by atoms with Crippen LogP contribution in [0.1, 0.15) is 11.4 Å². The van der Waals surface area contributed by atoms with Gasteiger partial charge in [0.15, 0.2) is 5.82 Å². The summed E-state index contributed by atoms with van der Waals surface area (Å²) in [6.45, 7) is 2.62. The average Bonchev–Trinajstić information content (AvgIpc) is 2.88. The van der Waals surface area contributed by atoms with Gasteiger partial charge in [0.25, 0.3) is 0 Å². The molecule has 0 saturated heterocycles. The van der Waals surface area contributed by atoms with Gasteiger partial charge < -0.3 is 5.73 Å². The molecular weight excluding hydrogens is 238 g/mol. The van der Waals surface area contributed by atoms with Crippen LogP contribution < -0.4 is 5.73 Å². The zero-order valence-electron chi connectivity index (χ0n) is 10.7. The summed E-state index contributed by atoms with van der Waals surface area (Å²) < 4.78 is 0. The highest BCUT2D eigenvalue weighted by molar-refractivity contribution is 5.84. The number of aromatic nitrogens is 4. The fourth-order valence-electron chi connectivity index (χ4n) is 2.12. The van der Waals surface area contributed by atoms with Gasteiger partial charge in [0, 0.05) is 11.8 Å². The second-order valence-corrected chi connectivity index (χ2v) is 4.49. The Labute approximate surface area is 110 Å². The molecule has 5 heteroatoms. The van der Waals surface area contributed by atoms with Crippen LogP contribution in [0.5, 0.6) is 0 Å². The normalized spacial score (nSPS) is 11.1. The summed E-state index contributed by atoms with van der Waals surface area (Å²) in [6.07, 6.45) is 0.694. The number of para-hydroxylation sites is 1. The number of nitrogens with zero attached hydrogens (tertiary/aromatic N) is 3. The Hall–Kier alpha value is -2.27. The first-order chi connectivity index (χ1) is 9.28. The van der Waals surface area contributed by atoms with Gasteiger partial charge in [-0.3, -0.25) is 5.10 Å². The number of nitrogens with one attached hydrogen (secondary N) is 1. The highest BCUT2D eigenvalue weighted by Crippen LogP contribution is 2.21. The lowest BCUT2D eigenvalue weighted by atomic mass is 10.1. The van der Waals surface area contributed by atoms with E-state index in [1.165, 1.54) is 5.56 Å². The number of aromatic amines is 1. The molecular formula is C14H15N5. The van der Waals surface area contributed by atoms with Crippen molar-refractivity contribution in [1.29, 1.82) is 0 Å². The van der Waals surface area contributed by atoms with E-state index in [9.17, 15) is 0 Å². The number of fused-ring (bicyclic) bond motifs is 1. The monoisotopic (exact) mass is 253 g/mol. The standard InChI is InChI=1S/C14H15N5/c1-9-8-12(14-17-13(6-7-15)18-19-14)16-11-5-3-2-4-10(9)11/h2-5,8H,6-7,15H2,1H3,(H,17,18,19). The minimum atomic E-state index is 0.554. The van der Waals surface area contributed by atoms with Crippen LogP contribution in [0.25, 0.3) is 22.4 Å². The Morgan fingerprint density at radius 2 is 2.05 bits per heavy atom. The highest BCUT2D eigenvalue weighted by Gasteiger charge is 2.09. The van der Waals surface area contributed by atoms with Crippen molar-refractivity contribution >= 4 is 10.9 Å². The number of hydrogen-bond donors (Lipinski definition) is 2. The Kier molecular flexibility index (Phi) is 2.97. The van der Waals surface area contributed by atoms with Crippen molar-refractivity contribution in [3.63, 3.8) is 0 Å². The van der Waals surface area contributed by atoms with Gasteiger partial charge in [0.05, 0.1) is 5.52 Å². The van der Waals surface area contributed by atoms with Crippen LogP contribution in [0.2, 0.25) is 0 Å². The molecule has 1 aromatic carbocycles. The molecule has 0 unspecified atom stereocenters. The second kappa shape index (κ2) is 4.78. The van der Waals surface area contributed by atoms with Gasteiger partial charge in [-0.2, -0.15) is 5.10 Å². The first-order valence-corrected chi connectivity index (χ1v) is 6.26. The quantitative estimate of drug-likeness (QED) is 0.746. The Bertz CT molecular complexity index is 717. The van der Waals surface area contributed by atoms with Gasteiger partial charge in [-0.25, -0.2) is 9.97 Å². The molecule has 0 aliphatic rings. The van der Waals surface area contributed by atoms with Crippen molar-refractivity contribution in [2.75, 3.05) is 6.54 Å². The maximum Gasteiger partial charge on any atom is 0.199 e. The molecule has 0 aliphatic heterocycles. The number of nitrogens with two attached hydrogens (primary N) is 1. The van der Waals surface area contributed by atoms with Gasteiger partial charge in [-0.1, -0.05) is 18.2 Å². The van der Waals surface area contributed by atoms with Crippen molar-refractivity contribution in [1.82, 2.24) is 20.2 Å². The van der Waals surface area contributed by atoms with Crippen LogP contribution in [-0.2, 0) is 6.42 Å². The van der Waals surface area contributed by atoms with Crippen molar-refractivity contribution in [2.45, 2.75) is 13.3 Å². The number of H-pyrrole nitrogens is 1. The first-order valence-electron chi connectivity index (χ1n) is 6.26. The predicted molar refractivity (Wildman–Crippen MR) is 74.6 cm³/mol. The van der Waals surface area contributed by atoms with Gasteiger partial charge in [0.1, 0.15) is 11.5 Å². The van der Waals surface area contributed by atoms with Crippen molar-refractivity contribution in [3.05, 3.63) is 41.7 Å². The predicted octanol–water partition coefficient (Wildman–Crippen LogP) is 1.83. The first kappa shape index (κ1) is 11.8. The molecule has 0 aliphatic carbocycles. The lowest BCUT2D eigenvalue weighted by Gasteiger charge is -2.03. The summed E-state index contributed by atoms with van der Waals surface area (Å²) >= 11 is 0. The molecule has 0 saturated carbocycles. The summed E-state index contributed by atoms with van der Waals surface area (Å²) in [5.41, 5.74) is 8.42. The molecule has 0 radical (unpaired) electrons. The summed E-state index contributed by atoms with van der Waals surface area (Å²) in [5, 5.41) is 8.25. The molecule has 3 aromatic rings.